The van der Waals surface area contributed by atoms with Crippen LogP contribution >= 0.6 is 0 Å². The molecule has 1 fully saturated rings. The molecule has 98 valence electrons. The number of hydrogen-bond donors (Lipinski definition) is 2. The van der Waals surface area contributed by atoms with Gasteiger partial charge in [0.2, 0.25) is 0 Å². The van der Waals surface area contributed by atoms with Crippen LogP contribution in [-0.2, 0) is 0 Å². The van der Waals surface area contributed by atoms with Crippen molar-refractivity contribution < 1.29 is 9.90 Å². The molecule has 1 saturated heterocycles. The quantitative estimate of drug-likeness (QED) is 0.854. The van der Waals surface area contributed by atoms with E-state index in [1.807, 2.05) is 11.9 Å². The van der Waals surface area contributed by atoms with E-state index >= 15 is 0 Å². The van der Waals surface area contributed by atoms with Gasteiger partial charge in [-0.05, 0) is 38.4 Å². The number of nitrogens with one attached hydrogen (secondary N) is 1. The first-order valence-corrected chi connectivity index (χ1v) is 6.47. The molecule has 0 saturated carbocycles. The number of phenolic OH excluding ortho intramolecular Hbond substituents is 1. The molecular formula is C14H20N2O2. The predicted molar refractivity (Wildman–Crippen MR) is 70.7 cm³/mol. The SMILES string of the molecule is CNCC1CCCCN1C(=O)c1ccccc1O. The highest BCUT2D eigenvalue weighted by Crippen LogP contribution is 2.23. The van der Waals surface area contributed by atoms with Gasteiger partial charge in [0.15, 0.2) is 0 Å². The number of phenols is 1. The van der Waals surface area contributed by atoms with Gasteiger partial charge in [-0.2, -0.15) is 0 Å². The number of likely N-dealkylation sites (N-methyl/N-ethyl adjacent to an activating group) is 1. The second-order valence-corrected chi connectivity index (χ2v) is 4.72. The number of carbonyl (C=O) groups excluding carboxylic acids is 1. The number of amides is 1. The Kier molecular flexibility index (Phi) is 4.20. The maximum atomic E-state index is 12.4. The molecule has 0 aromatic heterocycles. The summed E-state index contributed by atoms with van der Waals surface area (Å²) in [5.41, 5.74) is 0.403. The van der Waals surface area contributed by atoms with E-state index in [4.69, 9.17) is 0 Å². The number of piperidine rings is 1. The first-order valence-electron chi connectivity index (χ1n) is 6.47. The van der Waals surface area contributed by atoms with Crippen molar-refractivity contribution in [1.82, 2.24) is 10.2 Å². The van der Waals surface area contributed by atoms with E-state index < -0.39 is 0 Å². The lowest BCUT2D eigenvalue weighted by Crippen LogP contribution is -2.48. The largest absolute Gasteiger partial charge is 0.507 e. The number of benzene rings is 1. The van der Waals surface area contributed by atoms with Crippen LogP contribution in [0.2, 0.25) is 0 Å². The Morgan fingerprint density at radius 1 is 1.44 bits per heavy atom. The summed E-state index contributed by atoms with van der Waals surface area (Å²) in [4.78, 5) is 14.3. The van der Waals surface area contributed by atoms with Gasteiger partial charge < -0.3 is 15.3 Å². The molecule has 0 aliphatic carbocycles. The fraction of sp³-hybridized carbons (Fsp3) is 0.500. The topological polar surface area (TPSA) is 52.6 Å². The lowest BCUT2D eigenvalue weighted by atomic mass is 10.0. The van der Waals surface area contributed by atoms with Crippen molar-refractivity contribution >= 4 is 5.91 Å². The second-order valence-electron chi connectivity index (χ2n) is 4.72. The van der Waals surface area contributed by atoms with Crippen LogP contribution in [0.3, 0.4) is 0 Å². The van der Waals surface area contributed by atoms with Gasteiger partial charge >= 0.3 is 0 Å². The molecule has 1 aliphatic heterocycles. The molecule has 18 heavy (non-hydrogen) atoms. The highest BCUT2D eigenvalue weighted by Gasteiger charge is 2.27. The summed E-state index contributed by atoms with van der Waals surface area (Å²) < 4.78 is 0. The minimum atomic E-state index is -0.0620. The standard InChI is InChI=1S/C14H20N2O2/c1-15-10-11-6-4-5-9-16(11)14(18)12-7-2-3-8-13(12)17/h2-3,7-8,11,15,17H,4-6,9-10H2,1H3. The van der Waals surface area contributed by atoms with E-state index in [9.17, 15) is 9.90 Å². The third kappa shape index (κ3) is 2.64. The van der Waals surface area contributed by atoms with Crippen molar-refractivity contribution in [3.8, 4) is 5.75 Å². The number of hydrogen-bond acceptors (Lipinski definition) is 3. The highest BCUT2D eigenvalue weighted by atomic mass is 16.3. The molecular weight excluding hydrogens is 228 g/mol. The van der Waals surface area contributed by atoms with Crippen LogP contribution in [0.4, 0.5) is 0 Å². The number of likely N-dealkylation sites (tertiary alicyclic amines) is 1. The molecule has 0 spiro atoms. The average Bonchev–Trinajstić information content (AvgIpc) is 2.40. The molecule has 0 radical (unpaired) electrons. The summed E-state index contributed by atoms with van der Waals surface area (Å²) in [6, 6.07) is 6.99. The summed E-state index contributed by atoms with van der Waals surface area (Å²) in [5, 5.41) is 12.9. The average molecular weight is 248 g/mol. The smallest absolute Gasteiger partial charge is 0.257 e. The highest BCUT2D eigenvalue weighted by molar-refractivity contribution is 5.97. The Balaban J connectivity index is 2.18. The summed E-state index contributed by atoms with van der Waals surface area (Å²) in [7, 11) is 1.90. The van der Waals surface area contributed by atoms with Gasteiger partial charge in [-0.3, -0.25) is 4.79 Å². The molecule has 1 unspecified atom stereocenters. The molecule has 4 heteroatoms. The first kappa shape index (κ1) is 12.9. The van der Waals surface area contributed by atoms with Crippen LogP contribution in [0.5, 0.6) is 5.75 Å². The lowest BCUT2D eigenvalue weighted by molar-refractivity contribution is 0.0612. The lowest BCUT2D eigenvalue weighted by Gasteiger charge is -2.35. The molecule has 1 amide bonds. The fourth-order valence-corrected chi connectivity index (χ4v) is 2.52. The fourth-order valence-electron chi connectivity index (χ4n) is 2.52. The summed E-state index contributed by atoms with van der Waals surface area (Å²) in [5.74, 6) is 0.00401. The van der Waals surface area contributed by atoms with Crippen molar-refractivity contribution in [2.45, 2.75) is 25.3 Å². The third-order valence-corrected chi connectivity index (χ3v) is 3.46. The monoisotopic (exact) mass is 248 g/mol. The zero-order valence-electron chi connectivity index (χ0n) is 10.7. The predicted octanol–water partition coefficient (Wildman–Crippen LogP) is 1.61. The number of nitrogens with zero attached hydrogens (tertiary/aromatic N) is 1. The summed E-state index contributed by atoms with van der Waals surface area (Å²) in [6.45, 7) is 1.58. The van der Waals surface area contributed by atoms with Gasteiger partial charge in [-0.1, -0.05) is 12.1 Å². The van der Waals surface area contributed by atoms with Gasteiger partial charge in [-0.25, -0.2) is 0 Å². The van der Waals surface area contributed by atoms with Gasteiger partial charge in [0.1, 0.15) is 5.75 Å². The van der Waals surface area contributed by atoms with E-state index in [1.165, 1.54) is 0 Å². The van der Waals surface area contributed by atoms with E-state index in [2.05, 4.69) is 5.32 Å². The number of aromatic hydroxyl groups is 1. The van der Waals surface area contributed by atoms with Crippen LogP contribution in [0.25, 0.3) is 0 Å². The molecule has 1 atom stereocenters. The van der Waals surface area contributed by atoms with Crippen molar-refractivity contribution in [3.63, 3.8) is 0 Å². The molecule has 1 aliphatic rings. The Bertz CT molecular complexity index is 418. The minimum Gasteiger partial charge on any atom is -0.507 e. The van der Waals surface area contributed by atoms with Crippen LogP contribution in [0.15, 0.2) is 24.3 Å². The van der Waals surface area contributed by atoms with E-state index in [-0.39, 0.29) is 17.7 Å². The van der Waals surface area contributed by atoms with E-state index in [1.54, 1.807) is 24.3 Å². The first-order chi connectivity index (χ1) is 8.74. The second kappa shape index (κ2) is 5.87. The Morgan fingerprint density at radius 2 is 2.22 bits per heavy atom. The Hall–Kier alpha value is -1.55. The number of carbonyl (C=O) groups is 1. The normalized spacial score (nSPS) is 19.8. The maximum absolute atomic E-state index is 12.4. The van der Waals surface area contributed by atoms with Crippen molar-refractivity contribution in [3.05, 3.63) is 29.8 Å². The summed E-state index contributed by atoms with van der Waals surface area (Å²) >= 11 is 0. The van der Waals surface area contributed by atoms with Gasteiger partial charge in [0.05, 0.1) is 5.56 Å². The molecule has 1 heterocycles. The molecule has 2 rings (SSSR count). The van der Waals surface area contributed by atoms with Crippen LogP contribution < -0.4 is 5.32 Å². The molecule has 2 N–H and O–H groups in total. The Morgan fingerprint density at radius 3 is 2.94 bits per heavy atom. The van der Waals surface area contributed by atoms with Crippen LogP contribution in [0, 0.1) is 0 Å². The van der Waals surface area contributed by atoms with Crippen molar-refractivity contribution in [2.75, 3.05) is 20.1 Å². The van der Waals surface area contributed by atoms with Gasteiger partial charge in [0, 0.05) is 19.1 Å². The summed E-state index contributed by atoms with van der Waals surface area (Å²) in [6.07, 6.45) is 3.23. The zero-order valence-corrected chi connectivity index (χ0v) is 10.7. The number of para-hydroxylation sites is 1. The Labute approximate surface area is 108 Å². The van der Waals surface area contributed by atoms with Crippen molar-refractivity contribution in [1.29, 1.82) is 0 Å². The van der Waals surface area contributed by atoms with E-state index in [0.29, 0.717) is 5.56 Å². The maximum Gasteiger partial charge on any atom is 0.257 e. The van der Waals surface area contributed by atoms with Crippen molar-refractivity contribution in [2.24, 2.45) is 0 Å². The van der Waals surface area contributed by atoms with Gasteiger partial charge in [0.25, 0.3) is 5.91 Å². The molecule has 1 aromatic rings. The van der Waals surface area contributed by atoms with Crippen LogP contribution in [-0.4, -0.2) is 42.1 Å². The van der Waals surface area contributed by atoms with Crippen LogP contribution in [0.1, 0.15) is 29.6 Å². The van der Waals surface area contributed by atoms with Gasteiger partial charge in [-0.15, -0.1) is 0 Å². The zero-order chi connectivity index (χ0) is 13.0. The number of rotatable bonds is 3. The molecule has 0 bridgehead atoms. The third-order valence-electron chi connectivity index (χ3n) is 3.46. The van der Waals surface area contributed by atoms with E-state index in [0.717, 1.165) is 32.4 Å². The molecule has 1 aromatic carbocycles. The minimum absolute atomic E-state index is 0.0620. The molecule has 4 nitrogen and oxygen atoms in total.